The van der Waals surface area contributed by atoms with E-state index in [9.17, 15) is 4.79 Å². The molecule has 0 aliphatic heterocycles. The van der Waals surface area contributed by atoms with Crippen LogP contribution in [0.1, 0.15) is 43.9 Å². The van der Waals surface area contributed by atoms with Crippen molar-refractivity contribution in [2.75, 3.05) is 20.2 Å². The van der Waals surface area contributed by atoms with Crippen molar-refractivity contribution < 1.29 is 9.53 Å². The highest BCUT2D eigenvalue weighted by Crippen LogP contribution is 2.28. The van der Waals surface area contributed by atoms with Crippen LogP contribution in [0.5, 0.6) is 5.88 Å². The maximum atomic E-state index is 11.5. The van der Waals surface area contributed by atoms with Crippen molar-refractivity contribution >= 4 is 5.91 Å². The summed E-state index contributed by atoms with van der Waals surface area (Å²) >= 11 is 0. The summed E-state index contributed by atoms with van der Waals surface area (Å²) in [5.74, 6) is 1.62. The Kier molecular flexibility index (Phi) is 5.22. The van der Waals surface area contributed by atoms with Gasteiger partial charge in [-0.2, -0.15) is 5.10 Å². The van der Waals surface area contributed by atoms with Gasteiger partial charge >= 0.3 is 0 Å². The molecule has 1 saturated carbocycles. The van der Waals surface area contributed by atoms with Gasteiger partial charge < -0.3 is 15.4 Å². The van der Waals surface area contributed by atoms with Gasteiger partial charge in [0, 0.05) is 32.6 Å². The van der Waals surface area contributed by atoms with Gasteiger partial charge in [0.05, 0.1) is 18.4 Å². The van der Waals surface area contributed by atoms with Crippen molar-refractivity contribution in [3.05, 3.63) is 11.3 Å². The van der Waals surface area contributed by atoms with Crippen LogP contribution in [-0.2, 0) is 18.4 Å². The lowest BCUT2D eigenvalue weighted by molar-refractivity contribution is -0.122. The number of ether oxygens (including phenoxy) is 1. The monoisotopic (exact) mass is 294 g/mol. The molecule has 1 aliphatic rings. The minimum atomic E-state index is 0.193. The summed E-state index contributed by atoms with van der Waals surface area (Å²) in [6.07, 6.45) is 2.09. The Hall–Kier alpha value is -1.56. The van der Waals surface area contributed by atoms with Crippen LogP contribution in [0, 0.1) is 5.92 Å². The van der Waals surface area contributed by atoms with E-state index in [-0.39, 0.29) is 11.8 Å². The van der Waals surface area contributed by atoms with Crippen LogP contribution in [0.3, 0.4) is 0 Å². The fourth-order valence-corrected chi connectivity index (χ4v) is 2.43. The van der Waals surface area contributed by atoms with E-state index >= 15 is 0 Å². The number of rotatable bonds is 8. The summed E-state index contributed by atoms with van der Waals surface area (Å²) in [6, 6.07) is 0. The first-order valence-electron chi connectivity index (χ1n) is 7.62. The molecule has 21 heavy (non-hydrogen) atoms. The Bertz CT molecular complexity index is 492. The molecule has 1 amide bonds. The Morgan fingerprint density at radius 1 is 1.43 bits per heavy atom. The second kappa shape index (κ2) is 6.93. The summed E-state index contributed by atoms with van der Waals surface area (Å²) in [5, 5.41) is 10.8. The SMILES string of the molecule is COc1c(CNCCNC(=O)C2CC2)c(C(C)C)nn1C. The Morgan fingerprint density at radius 2 is 2.14 bits per heavy atom. The number of carbonyl (C=O) groups is 1. The molecule has 6 nitrogen and oxygen atoms in total. The molecular formula is C15H26N4O2. The van der Waals surface area contributed by atoms with Gasteiger partial charge in [0.2, 0.25) is 11.8 Å². The maximum absolute atomic E-state index is 11.5. The predicted molar refractivity (Wildman–Crippen MR) is 81.3 cm³/mol. The molecule has 0 saturated heterocycles. The second-order valence-corrected chi connectivity index (χ2v) is 5.89. The van der Waals surface area contributed by atoms with E-state index in [1.807, 2.05) is 7.05 Å². The van der Waals surface area contributed by atoms with Gasteiger partial charge in [-0.1, -0.05) is 13.8 Å². The van der Waals surface area contributed by atoms with E-state index in [0.29, 0.717) is 19.0 Å². The Balaban J connectivity index is 1.82. The molecule has 0 unspecified atom stereocenters. The van der Waals surface area contributed by atoms with E-state index < -0.39 is 0 Å². The summed E-state index contributed by atoms with van der Waals surface area (Å²) < 4.78 is 7.21. The van der Waals surface area contributed by atoms with Gasteiger partial charge in [0.1, 0.15) is 0 Å². The first-order chi connectivity index (χ1) is 10.0. The van der Waals surface area contributed by atoms with Crippen LogP contribution in [0.25, 0.3) is 0 Å². The molecule has 1 aromatic rings. The molecule has 0 aromatic carbocycles. The van der Waals surface area contributed by atoms with E-state index in [4.69, 9.17) is 4.74 Å². The van der Waals surface area contributed by atoms with Gasteiger partial charge in [0.15, 0.2) is 0 Å². The second-order valence-electron chi connectivity index (χ2n) is 5.89. The zero-order valence-corrected chi connectivity index (χ0v) is 13.4. The third kappa shape index (κ3) is 3.97. The summed E-state index contributed by atoms with van der Waals surface area (Å²) in [4.78, 5) is 11.5. The van der Waals surface area contributed by atoms with Crippen molar-refractivity contribution in [3.63, 3.8) is 0 Å². The number of hydrogen-bond acceptors (Lipinski definition) is 4. The van der Waals surface area contributed by atoms with Crippen molar-refractivity contribution in [3.8, 4) is 5.88 Å². The van der Waals surface area contributed by atoms with Crippen molar-refractivity contribution in [2.24, 2.45) is 13.0 Å². The predicted octanol–water partition coefficient (Wildman–Crippen LogP) is 1.17. The lowest BCUT2D eigenvalue weighted by Crippen LogP contribution is -2.32. The first kappa shape index (κ1) is 15.8. The van der Waals surface area contributed by atoms with Crippen molar-refractivity contribution in [1.82, 2.24) is 20.4 Å². The van der Waals surface area contributed by atoms with Crippen molar-refractivity contribution in [1.29, 1.82) is 0 Å². The van der Waals surface area contributed by atoms with Crippen LogP contribution >= 0.6 is 0 Å². The highest BCUT2D eigenvalue weighted by molar-refractivity contribution is 5.80. The molecule has 0 atom stereocenters. The number of nitrogens with zero attached hydrogens (tertiary/aromatic N) is 2. The molecule has 2 rings (SSSR count). The van der Waals surface area contributed by atoms with Crippen LogP contribution in [0.4, 0.5) is 0 Å². The molecule has 1 heterocycles. The summed E-state index contributed by atoms with van der Waals surface area (Å²) in [6.45, 7) is 6.36. The lowest BCUT2D eigenvalue weighted by Gasteiger charge is -2.10. The van der Waals surface area contributed by atoms with E-state index in [0.717, 1.165) is 36.5 Å². The number of amides is 1. The summed E-state index contributed by atoms with van der Waals surface area (Å²) in [5.41, 5.74) is 2.16. The van der Waals surface area contributed by atoms with Gasteiger partial charge in [-0.15, -0.1) is 0 Å². The normalized spacial score (nSPS) is 14.5. The van der Waals surface area contributed by atoms with Crippen LogP contribution in [-0.4, -0.2) is 35.9 Å². The maximum Gasteiger partial charge on any atom is 0.223 e. The van der Waals surface area contributed by atoms with Crippen LogP contribution in [0.2, 0.25) is 0 Å². The van der Waals surface area contributed by atoms with Gasteiger partial charge in [-0.25, -0.2) is 4.68 Å². The number of nitrogens with one attached hydrogen (secondary N) is 2. The Morgan fingerprint density at radius 3 is 2.71 bits per heavy atom. The molecule has 2 N–H and O–H groups in total. The molecular weight excluding hydrogens is 268 g/mol. The molecule has 118 valence electrons. The largest absolute Gasteiger partial charge is 0.481 e. The third-order valence-corrected chi connectivity index (χ3v) is 3.71. The molecule has 0 radical (unpaired) electrons. The highest BCUT2D eigenvalue weighted by atomic mass is 16.5. The average Bonchev–Trinajstić information content (AvgIpc) is 3.23. The molecule has 1 aromatic heterocycles. The fourth-order valence-electron chi connectivity index (χ4n) is 2.43. The summed E-state index contributed by atoms with van der Waals surface area (Å²) in [7, 11) is 3.56. The topological polar surface area (TPSA) is 68.2 Å². The Labute approximate surface area is 126 Å². The fraction of sp³-hybridized carbons (Fsp3) is 0.733. The van der Waals surface area contributed by atoms with Crippen molar-refractivity contribution in [2.45, 2.75) is 39.2 Å². The lowest BCUT2D eigenvalue weighted by atomic mass is 10.1. The van der Waals surface area contributed by atoms with E-state index in [1.54, 1.807) is 11.8 Å². The zero-order chi connectivity index (χ0) is 15.4. The zero-order valence-electron chi connectivity index (χ0n) is 13.4. The standard InChI is InChI=1S/C15H26N4O2/c1-10(2)13-12(15(21-4)19(3)18-13)9-16-7-8-17-14(20)11-5-6-11/h10-11,16H,5-9H2,1-4H3,(H,17,20). The quantitative estimate of drug-likeness (QED) is 0.706. The van der Waals surface area contributed by atoms with E-state index in [1.165, 1.54) is 0 Å². The minimum Gasteiger partial charge on any atom is -0.481 e. The first-order valence-corrected chi connectivity index (χ1v) is 7.62. The molecule has 1 fully saturated rings. The van der Waals surface area contributed by atoms with Gasteiger partial charge in [-0.05, 0) is 18.8 Å². The average molecular weight is 294 g/mol. The van der Waals surface area contributed by atoms with Crippen LogP contribution in [0.15, 0.2) is 0 Å². The molecule has 6 heteroatoms. The number of hydrogen-bond donors (Lipinski definition) is 2. The smallest absolute Gasteiger partial charge is 0.223 e. The number of aryl methyl sites for hydroxylation is 1. The van der Waals surface area contributed by atoms with Gasteiger partial charge in [-0.3, -0.25) is 4.79 Å². The molecule has 1 aliphatic carbocycles. The van der Waals surface area contributed by atoms with E-state index in [2.05, 4.69) is 29.6 Å². The van der Waals surface area contributed by atoms with Gasteiger partial charge in [0.25, 0.3) is 0 Å². The molecule has 0 bridgehead atoms. The minimum absolute atomic E-state index is 0.193. The van der Waals surface area contributed by atoms with Crippen LogP contribution < -0.4 is 15.4 Å². The highest BCUT2D eigenvalue weighted by Gasteiger charge is 2.29. The number of methoxy groups -OCH3 is 1. The number of aromatic nitrogens is 2. The number of carbonyl (C=O) groups excluding carboxylic acids is 1. The third-order valence-electron chi connectivity index (χ3n) is 3.71. The molecule has 0 spiro atoms.